The molecule has 0 aliphatic carbocycles. The van der Waals surface area contributed by atoms with E-state index in [0.717, 1.165) is 0 Å². The molecule has 3 heteroatoms. The number of nitriles is 1. The van der Waals surface area contributed by atoms with Gasteiger partial charge in [-0.1, -0.05) is 12.7 Å². The van der Waals surface area contributed by atoms with Crippen molar-refractivity contribution in [2.75, 3.05) is 12.3 Å². The highest BCUT2D eigenvalue weighted by Crippen LogP contribution is 2.22. The van der Waals surface area contributed by atoms with Crippen molar-refractivity contribution in [2.24, 2.45) is 0 Å². The molecule has 0 unspecified atom stereocenters. The van der Waals surface area contributed by atoms with Gasteiger partial charge < -0.3 is 10.5 Å². The van der Waals surface area contributed by atoms with Crippen LogP contribution in [-0.4, -0.2) is 6.61 Å². The summed E-state index contributed by atoms with van der Waals surface area (Å²) in [5.74, 6) is 0.527. The molecule has 0 spiro atoms. The van der Waals surface area contributed by atoms with Crippen LogP contribution in [0.2, 0.25) is 0 Å². The van der Waals surface area contributed by atoms with Gasteiger partial charge in [-0.3, -0.25) is 0 Å². The zero-order chi connectivity index (χ0) is 9.68. The lowest BCUT2D eigenvalue weighted by Crippen LogP contribution is -1.97. The maximum atomic E-state index is 8.61. The van der Waals surface area contributed by atoms with Crippen molar-refractivity contribution in [3.63, 3.8) is 0 Å². The van der Waals surface area contributed by atoms with E-state index < -0.39 is 0 Å². The topological polar surface area (TPSA) is 59.0 Å². The number of ether oxygens (including phenoxy) is 1. The molecule has 0 heterocycles. The molecule has 0 bridgehead atoms. The Kier molecular flexibility index (Phi) is 2.93. The molecule has 0 aromatic heterocycles. The van der Waals surface area contributed by atoms with Crippen LogP contribution >= 0.6 is 0 Å². The first-order valence-electron chi connectivity index (χ1n) is 3.81. The third kappa shape index (κ3) is 2.24. The highest BCUT2D eigenvalue weighted by molar-refractivity contribution is 5.56. The zero-order valence-corrected chi connectivity index (χ0v) is 7.16. The van der Waals surface area contributed by atoms with Gasteiger partial charge in [0.25, 0.3) is 0 Å². The SMILES string of the molecule is C=CCOc1cc(C#N)ccc1N. The van der Waals surface area contributed by atoms with E-state index in [1.807, 2.05) is 6.07 Å². The maximum Gasteiger partial charge on any atom is 0.143 e. The van der Waals surface area contributed by atoms with Crippen LogP contribution < -0.4 is 10.5 Å². The first-order valence-corrected chi connectivity index (χ1v) is 3.81. The predicted octanol–water partition coefficient (Wildman–Crippen LogP) is 1.71. The Hall–Kier alpha value is -1.95. The molecule has 0 radical (unpaired) electrons. The van der Waals surface area contributed by atoms with Gasteiger partial charge in [0.15, 0.2) is 0 Å². The summed E-state index contributed by atoms with van der Waals surface area (Å²) in [5, 5.41) is 8.61. The summed E-state index contributed by atoms with van der Waals surface area (Å²) in [4.78, 5) is 0. The Morgan fingerprint density at radius 2 is 2.38 bits per heavy atom. The minimum atomic E-state index is 0.388. The first kappa shape index (κ1) is 9.14. The molecule has 0 amide bonds. The third-order valence-electron chi connectivity index (χ3n) is 1.50. The average Bonchev–Trinajstić information content (AvgIpc) is 2.17. The van der Waals surface area contributed by atoms with Crippen LogP contribution in [0.4, 0.5) is 5.69 Å². The summed E-state index contributed by atoms with van der Waals surface area (Å²) in [6.45, 7) is 3.91. The van der Waals surface area contributed by atoms with Gasteiger partial charge in [0.1, 0.15) is 12.4 Å². The Morgan fingerprint density at radius 3 is 3.00 bits per heavy atom. The summed E-state index contributed by atoms with van der Waals surface area (Å²) in [6.07, 6.45) is 1.62. The number of benzene rings is 1. The highest BCUT2D eigenvalue weighted by Gasteiger charge is 2.00. The van der Waals surface area contributed by atoms with Crippen LogP contribution in [0, 0.1) is 11.3 Å². The number of nitrogens with zero attached hydrogens (tertiary/aromatic N) is 1. The molecule has 0 saturated heterocycles. The van der Waals surface area contributed by atoms with Gasteiger partial charge >= 0.3 is 0 Å². The zero-order valence-electron chi connectivity index (χ0n) is 7.16. The number of hydrogen-bond donors (Lipinski definition) is 1. The van der Waals surface area contributed by atoms with Crippen molar-refractivity contribution in [1.82, 2.24) is 0 Å². The van der Waals surface area contributed by atoms with Crippen molar-refractivity contribution in [3.05, 3.63) is 36.4 Å². The fraction of sp³-hybridized carbons (Fsp3) is 0.100. The number of nitrogens with two attached hydrogens (primary N) is 1. The molecule has 1 aromatic rings. The second-order valence-electron chi connectivity index (χ2n) is 2.46. The molecule has 0 aliphatic rings. The second-order valence-corrected chi connectivity index (χ2v) is 2.46. The summed E-state index contributed by atoms with van der Waals surface area (Å²) in [7, 11) is 0. The van der Waals surface area contributed by atoms with Crippen molar-refractivity contribution in [1.29, 1.82) is 5.26 Å². The quantitative estimate of drug-likeness (QED) is 0.560. The number of hydrogen-bond acceptors (Lipinski definition) is 3. The van der Waals surface area contributed by atoms with Gasteiger partial charge in [0.05, 0.1) is 17.3 Å². The molecule has 1 aromatic carbocycles. The lowest BCUT2D eigenvalue weighted by molar-refractivity contribution is 0.365. The minimum absolute atomic E-state index is 0.388. The van der Waals surface area contributed by atoms with E-state index in [9.17, 15) is 0 Å². The minimum Gasteiger partial charge on any atom is -0.487 e. The molecule has 2 N–H and O–H groups in total. The van der Waals surface area contributed by atoms with E-state index in [0.29, 0.717) is 23.6 Å². The van der Waals surface area contributed by atoms with Crippen LogP contribution in [0.15, 0.2) is 30.9 Å². The number of nitrogen functional groups attached to an aromatic ring is 1. The molecule has 0 atom stereocenters. The van der Waals surface area contributed by atoms with E-state index in [-0.39, 0.29) is 0 Å². The summed E-state index contributed by atoms with van der Waals surface area (Å²) < 4.78 is 5.23. The van der Waals surface area contributed by atoms with Gasteiger partial charge in [-0.2, -0.15) is 5.26 Å². The Morgan fingerprint density at radius 1 is 1.62 bits per heavy atom. The van der Waals surface area contributed by atoms with Gasteiger partial charge in [-0.05, 0) is 12.1 Å². The molecule has 1 rings (SSSR count). The third-order valence-corrected chi connectivity index (χ3v) is 1.50. The van der Waals surface area contributed by atoms with Gasteiger partial charge in [0, 0.05) is 6.07 Å². The van der Waals surface area contributed by atoms with Crippen molar-refractivity contribution in [3.8, 4) is 11.8 Å². The summed E-state index contributed by atoms with van der Waals surface area (Å²) in [6, 6.07) is 6.92. The standard InChI is InChI=1S/C10H10N2O/c1-2-5-13-10-6-8(7-11)3-4-9(10)12/h2-4,6H,1,5,12H2. The fourth-order valence-corrected chi connectivity index (χ4v) is 0.878. The lowest BCUT2D eigenvalue weighted by atomic mass is 10.2. The molecule has 13 heavy (non-hydrogen) atoms. The molecular formula is C10H10N2O. The first-order chi connectivity index (χ1) is 6.27. The van der Waals surface area contributed by atoms with Crippen molar-refractivity contribution < 1.29 is 4.74 Å². The predicted molar refractivity (Wildman–Crippen MR) is 51.3 cm³/mol. The molecule has 0 saturated carbocycles. The van der Waals surface area contributed by atoms with Crippen LogP contribution in [0.25, 0.3) is 0 Å². The molecule has 66 valence electrons. The largest absolute Gasteiger partial charge is 0.487 e. The second kappa shape index (κ2) is 4.17. The fourth-order valence-electron chi connectivity index (χ4n) is 0.878. The van der Waals surface area contributed by atoms with Gasteiger partial charge in [0.2, 0.25) is 0 Å². The molecule has 3 nitrogen and oxygen atoms in total. The van der Waals surface area contributed by atoms with Crippen molar-refractivity contribution >= 4 is 5.69 Å². The summed E-state index contributed by atoms with van der Waals surface area (Å²) >= 11 is 0. The van der Waals surface area contributed by atoms with E-state index in [1.165, 1.54) is 0 Å². The lowest BCUT2D eigenvalue weighted by Gasteiger charge is -2.06. The summed E-state index contributed by atoms with van der Waals surface area (Å²) in [5.41, 5.74) is 6.68. The normalized spacial score (nSPS) is 8.85. The smallest absolute Gasteiger partial charge is 0.143 e. The Bertz CT molecular complexity index is 352. The molecule has 0 aliphatic heterocycles. The molecular weight excluding hydrogens is 164 g/mol. The Balaban J connectivity index is 2.91. The maximum absolute atomic E-state index is 8.61. The van der Waals surface area contributed by atoms with Gasteiger partial charge in [-0.15, -0.1) is 0 Å². The van der Waals surface area contributed by atoms with Crippen molar-refractivity contribution in [2.45, 2.75) is 0 Å². The Labute approximate surface area is 77.0 Å². The monoisotopic (exact) mass is 174 g/mol. The van der Waals surface area contributed by atoms with E-state index >= 15 is 0 Å². The van der Waals surface area contributed by atoms with E-state index in [4.69, 9.17) is 15.7 Å². The average molecular weight is 174 g/mol. The van der Waals surface area contributed by atoms with Crippen LogP contribution in [0.3, 0.4) is 0 Å². The van der Waals surface area contributed by atoms with Crippen LogP contribution in [0.1, 0.15) is 5.56 Å². The van der Waals surface area contributed by atoms with E-state index in [1.54, 1.807) is 24.3 Å². The molecule has 0 fully saturated rings. The van der Waals surface area contributed by atoms with Crippen LogP contribution in [-0.2, 0) is 0 Å². The highest BCUT2D eigenvalue weighted by atomic mass is 16.5. The van der Waals surface area contributed by atoms with Gasteiger partial charge in [-0.25, -0.2) is 0 Å². The number of anilines is 1. The van der Waals surface area contributed by atoms with E-state index in [2.05, 4.69) is 6.58 Å². The number of rotatable bonds is 3. The van der Waals surface area contributed by atoms with Crippen LogP contribution in [0.5, 0.6) is 5.75 Å².